The highest BCUT2D eigenvalue weighted by molar-refractivity contribution is 6.31. The molecule has 14 heavy (non-hydrogen) atoms. The van der Waals surface area contributed by atoms with E-state index >= 15 is 0 Å². The van der Waals surface area contributed by atoms with Gasteiger partial charge in [-0.1, -0.05) is 23.6 Å². The smallest absolute Gasteiger partial charge is 0.148 e. The maximum Gasteiger partial charge on any atom is 0.148 e. The lowest BCUT2D eigenvalue weighted by Gasteiger charge is -2.10. The van der Waals surface area contributed by atoms with Gasteiger partial charge in [-0.25, -0.2) is 0 Å². The van der Waals surface area contributed by atoms with E-state index in [1.165, 1.54) is 0 Å². The Morgan fingerprint density at radius 1 is 1.50 bits per heavy atom. The quantitative estimate of drug-likeness (QED) is 0.769. The highest BCUT2D eigenvalue weighted by Crippen LogP contribution is 2.26. The molecule has 1 aromatic carbocycles. The van der Waals surface area contributed by atoms with Crippen LogP contribution in [0.5, 0.6) is 5.75 Å². The van der Waals surface area contributed by atoms with Crippen LogP contribution in [0.25, 0.3) is 0 Å². The predicted molar refractivity (Wildman–Crippen MR) is 58.5 cm³/mol. The number of hydrogen-bond donors (Lipinski definition) is 1. The van der Waals surface area contributed by atoms with Crippen LogP contribution >= 0.6 is 11.6 Å². The molecule has 0 aromatic heterocycles. The molecule has 0 aliphatic heterocycles. The van der Waals surface area contributed by atoms with Gasteiger partial charge in [0.1, 0.15) is 12.4 Å². The van der Waals surface area contributed by atoms with Crippen LogP contribution in [0.1, 0.15) is 5.56 Å². The van der Waals surface area contributed by atoms with Crippen molar-refractivity contribution in [1.29, 1.82) is 0 Å². The van der Waals surface area contributed by atoms with Crippen LogP contribution in [0.3, 0.4) is 0 Å². The van der Waals surface area contributed by atoms with Gasteiger partial charge in [0, 0.05) is 10.6 Å². The van der Waals surface area contributed by atoms with Crippen molar-refractivity contribution in [2.75, 3.05) is 13.2 Å². The third-order valence-corrected chi connectivity index (χ3v) is 2.14. The standard InChI is InChI=1S/C11H12ClNO/c1-2-8-14-11-5-3-4-10(12)9(11)6-7-13/h1,3-5H,6-8,13H2. The molecule has 0 aliphatic carbocycles. The Morgan fingerprint density at radius 3 is 2.93 bits per heavy atom. The van der Waals surface area contributed by atoms with Crippen LogP contribution in [0.2, 0.25) is 5.02 Å². The lowest BCUT2D eigenvalue weighted by Crippen LogP contribution is -2.06. The van der Waals surface area contributed by atoms with Gasteiger partial charge in [0.2, 0.25) is 0 Å². The van der Waals surface area contributed by atoms with Gasteiger partial charge in [0.05, 0.1) is 0 Å². The second-order valence-corrected chi connectivity index (χ2v) is 3.16. The summed E-state index contributed by atoms with van der Waals surface area (Å²) in [4.78, 5) is 0. The summed E-state index contributed by atoms with van der Waals surface area (Å²) in [6.07, 6.45) is 5.80. The molecule has 1 aromatic rings. The number of ether oxygens (including phenoxy) is 1. The number of terminal acetylenes is 1. The van der Waals surface area contributed by atoms with Crippen molar-refractivity contribution in [1.82, 2.24) is 0 Å². The molecule has 1 rings (SSSR count). The molecule has 3 heteroatoms. The van der Waals surface area contributed by atoms with E-state index < -0.39 is 0 Å². The zero-order chi connectivity index (χ0) is 10.4. The zero-order valence-electron chi connectivity index (χ0n) is 7.79. The summed E-state index contributed by atoms with van der Waals surface area (Å²) in [6.45, 7) is 0.786. The molecule has 74 valence electrons. The van der Waals surface area contributed by atoms with Crippen LogP contribution in [0, 0.1) is 12.3 Å². The van der Waals surface area contributed by atoms with Gasteiger partial charge >= 0.3 is 0 Å². The van der Waals surface area contributed by atoms with Gasteiger partial charge in [0.25, 0.3) is 0 Å². The fourth-order valence-corrected chi connectivity index (χ4v) is 1.44. The first kappa shape index (κ1) is 10.9. The fraction of sp³-hybridized carbons (Fsp3) is 0.273. The van der Waals surface area contributed by atoms with E-state index in [1.807, 2.05) is 18.2 Å². The fourth-order valence-electron chi connectivity index (χ4n) is 1.18. The predicted octanol–water partition coefficient (Wildman–Crippen LogP) is 1.85. The largest absolute Gasteiger partial charge is 0.481 e. The average Bonchev–Trinajstić information content (AvgIpc) is 2.19. The van der Waals surface area contributed by atoms with E-state index in [0.29, 0.717) is 18.0 Å². The first-order chi connectivity index (χ1) is 6.79. The number of nitrogens with two attached hydrogens (primary N) is 1. The van der Waals surface area contributed by atoms with Crippen molar-refractivity contribution in [2.45, 2.75) is 6.42 Å². The van der Waals surface area contributed by atoms with Crippen molar-refractivity contribution in [2.24, 2.45) is 5.73 Å². The van der Waals surface area contributed by atoms with Crippen LogP contribution in [0.4, 0.5) is 0 Å². The number of rotatable bonds is 4. The maximum absolute atomic E-state index is 6.00. The molecule has 0 amide bonds. The summed E-state index contributed by atoms with van der Waals surface area (Å²) >= 11 is 6.00. The number of halogens is 1. The summed E-state index contributed by atoms with van der Waals surface area (Å²) in [6, 6.07) is 5.48. The Labute approximate surface area is 89.0 Å². The molecule has 0 radical (unpaired) electrons. The van der Waals surface area contributed by atoms with Gasteiger partial charge < -0.3 is 10.5 Å². The minimum absolute atomic E-state index is 0.248. The number of hydrogen-bond acceptors (Lipinski definition) is 2. The second kappa shape index (κ2) is 5.54. The summed E-state index contributed by atoms with van der Waals surface area (Å²) in [5.74, 6) is 3.13. The Kier molecular flexibility index (Phi) is 4.31. The van der Waals surface area contributed by atoms with E-state index in [4.69, 9.17) is 28.5 Å². The third kappa shape index (κ3) is 2.66. The second-order valence-electron chi connectivity index (χ2n) is 2.75. The molecule has 0 bridgehead atoms. The molecule has 2 N–H and O–H groups in total. The molecule has 0 spiro atoms. The lowest BCUT2D eigenvalue weighted by molar-refractivity contribution is 0.366. The number of benzene rings is 1. The van der Waals surface area contributed by atoms with Crippen molar-refractivity contribution in [3.8, 4) is 18.1 Å². The molecule has 0 aliphatic rings. The van der Waals surface area contributed by atoms with E-state index in [-0.39, 0.29) is 6.61 Å². The van der Waals surface area contributed by atoms with Gasteiger partial charge in [0.15, 0.2) is 0 Å². The van der Waals surface area contributed by atoms with Crippen molar-refractivity contribution in [3.63, 3.8) is 0 Å². The summed E-state index contributed by atoms with van der Waals surface area (Å²) in [5, 5.41) is 0.671. The lowest BCUT2D eigenvalue weighted by atomic mass is 10.1. The van der Waals surface area contributed by atoms with Gasteiger partial charge in [-0.15, -0.1) is 6.42 Å². The summed E-state index contributed by atoms with van der Waals surface area (Å²) < 4.78 is 5.34. The molecule has 0 atom stereocenters. The Bertz CT molecular complexity index is 344. The third-order valence-electron chi connectivity index (χ3n) is 1.78. The van der Waals surface area contributed by atoms with E-state index in [1.54, 1.807) is 0 Å². The Hall–Kier alpha value is -1.17. The Morgan fingerprint density at radius 2 is 2.29 bits per heavy atom. The Balaban J connectivity index is 2.90. The van der Waals surface area contributed by atoms with E-state index in [0.717, 1.165) is 11.3 Å². The molecule has 2 nitrogen and oxygen atoms in total. The van der Waals surface area contributed by atoms with Gasteiger partial charge in [-0.05, 0) is 25.1 Å². The molecule has 0 unspecified atom stereocenters. The molecular weight excluding hydrogens is 198 g/mol. The van der Waals surface area contributed by atoms with Gasteiger partial charge in [-0.2, -0.15) is 0 Å². The van der Waals surface area contributed by atoms with Crippen LogP contribution < -0.4 is 10.5 Å². The average molecular weight is 210 g/mol. The van der Waals surface area contributed by atoms with Crippen LogP contribution in [0.15, 0.2) is 18.2 Å². The molecule has 0 fully saturated rings. The SMILES string of the molecule is C#CCOc1cccc(Cl)c1CCN. The van der Waals surface area contributed by atoms with Crippen molar-refractivity contribution >= 4 is 11.6 Å². The minimum Gasteiger partial charge on any atom is -0.481 e. The summed E-state index contributed by atoms with van der Waals surface area (Å²) in [5.41, 5.74) is 6.40. The van der Waals surface area contributed by atoms with Gasteiger partial charge in [-0.3, -0.25) is 0 Å². The summed E-state index contributed by atoms with van der Waals surface area (Å²) in [7, 11) is 0. The van der Waals surface area contributed by atoms with Crippen LogP contribution in [-0.2, 0) is 6.42 Å². The highest BCUT2D eigenvalue weighted by Gasteiger charge is 2.06. The first-order valence-corrected chi connectivity index (χ1v) is 4.71. The normalized spacial score (nSPS) is 9.50. The van der Waals surface area contributed by atoms with E-state index in [2.05, 4.69) is 5.92 Å². The van der Waals surface area contributed by atoms with E-state index in [9.17, 15) is 0 Å². The topological polar surface area (TPSA) is 35.2 Å². The van der Waals surface area contributed by atoms with Crippen LogP contribution in [-0.4, -0.2) is 13.2 Å². The first-order valence-electron chi connectivity index (χ1n) is 4.33. The monoisotopic (exact) mass is 209 g/mol. The zero-order valence-corrected chi connectivity index (χ0v) is 8.55. The maximum atomic E-state index is 6.00. The molecule has 0 saturated carbocycles. The van der Waals surface area contributed by atoms with Crippen molar-refractivity contribution < 1.29 is 4.74 Å². The highest BCUT2D eigenvalue weighted by atomic mass is 35.5. The molecular formula is C11H12ClNO. The molecule has 0 heterocycles. The minimum atomic E-state index is 0.248. The molecule has 0 saturated heterocycles. The van der Waals surface area contributed by atoms with Crippen molar-refractivity contribution in [3.05, 3.63) is 28.8 Å².